The van der Waals surface area contributed by atoms with Crippen LogP contribution in [0.5, 0.6) is 0 Å². The largest absolute Gasteiger partial charge is 0.465 e. The second kappa shape index (κ2) is 5.54. The summed E-state index contributed by atoms with van der Waals surface area (Å²) in [5.41, 5.74) is 8.27. The van der Waals surface area contributed by atoms with Crippen molar-refractivity contribution in [3.63, 3.8) is 0 Å². The van der Waals surface area contributed by atoms with E-state index in [2.05, 4.69) is 18.6 Å². The quantitative estimate of drug-likeness (QED) is 0.628. The number of carbonyl (C=O) groups is 1. The third-order valence-corrected chi connectivity index (χ3v) is 2.93. The number of nitrogens with two attached hydrogens (primary N) is 1. The Kier molecular flexibility index (Phi) is 4.35. The molecule has 0 fully saturated rings. The summed E-state index contributed by atoms with van der Waals surface area (Å²) in [4.78, 5) is 11.3. The minimum absolute atomic E-state index is 0.345. The number of anilines is 1. The summed E-state index contributed by atoms with van der Waals surface area (Å²) < 4.78 is 4.65. The van der Waals surface area contributed by atoms with E-state index in [0.717, 1.165) is 18.4 Å². The van der Waals surface area contributed by atoms with E-state index in [4.69, 9.17) is 5.73 Å². The minimum Gasteiger partial charge on any atom is -0.465 e. The maximum Gasteiger partial charge on any atom is 0.337 e. The molecule has 0 aliphatic carbocycles. The van der Waals surface area contributed by atoms with Gasteiger partial charge in [0.2, 0.25) is 0 Å². The van der Waals surface area contributed by atoms with Gasteiger partial charge in [-0.2, -0.15) is 0 Å². The first-order chi connectivity index (χ1) is 7.63. The fraction of sp³-hybridized carbons (Fsp3) is 0.462. The topological polar surface area (TPSA) is 52.3 Å². The summed E-state index contributed by atoms with van der Waals surface area (Å²) in [6.45, 7) is 4.28. The van der Waals surface area contributed by atoms with Crippen LogP contribution in [0.2, 0.25) is 0 Å². The van der Waals surface area contributed by atoms with Crippen LogP contribution < -0.4 is 5.73 Å². The lowest BCUT2D eigenvalue weighted by atomic mass is 9.92. The molecule has 0 spiro atoms. The van der Waals surface area contributed by atoms with Crippen molar-refractivity contribution in [2.75, 3.05) is 12.8 Å². The van der Waals surface area contributed by atoms with Crippen molar-refractivity contribution in [2.24, 2.45) is 0 Å². The molecule has 0 bridgehead atoms. The molecule has 1 rings (SSSR count). The van der Waals surface area contributed by atoms with Crippen molar-refractivity contribution in [1.29, 1.82) is 0 Å². The van der Waals surface area contributed by atoms with Gasteiger partial charge in [0.25, 0.3) is 0 Å². The molecule has 0 saturated heterocycles. The summed E-state index contributed by atoms with van der Waals surface area (Å²) in [5.74, 6) is 0.120. The maximum atomic E-state index is 11.3. The Morgan fingerprint density at radius 1 is 1.38 bits per heavy atom. The highest BCUT2D eigenvalue weighted by Gasteiger charge is 2.13. The van der Waals surface area contributed by atoms with Gasteiger partial charge in [-0.05, 0) is 36.5 Å². The van der Waals surface area contributed by atoms with Gasteiger partial charge in [0.1, 0.15) is 0 Å². The zero-order valence-corrected chi connectivity index (χ0v) is 10.1. The van der Waals surface area contributed by atoms with Crippen molar-refractivity contribution in [2.45, 2.75) is 32.6 Å². The molecule has 0 atom stereocenters. The lowest BCUT2D eigenvalue weighted by molar-refractivity contribution is 0.0601. The van der Waals surface area contributed by atoms with E-state index in [1.807, 2.05) is 6.07 Å². The summed E-state index contributed by atoms with van der Waals surface area (Å²) in [6, 6.07) is 5.40. The van der Waals surface area contributed by atoms with E-state index >= 15 is 0 Å². The van der Waals surface area contributed by atoms with E-state index in [1.54, 1.807) is 12.1 Å². The number of esters is 1. The van der Waals surface area contributed by atoms with Crippen LogP contribution in [-0.4, -0.2) is 13.1 Å². The monoisotopic (exact) mass is 221 g/mol. The van der Waals surface area contributed by atoms with Crippen LogP contribution in [0.1, 0.15) is 48.5 Å². The van der Waals surface area contributed by atoms with E-state index < -0.39 is 0 Å². The van der Waals surface area contributed by atoms with Gasteiger partial charge in [0.15, 0.2) is 0 Å². The second-order valence-electron chi connectivity index (χ2n) is 3.85. The third-order valence-electron chi connectivity index (χ3n) is 2.93. The summed E-state index contributed by atoms with van der Waals surface area (Å²) in [5, 5.41) is 0. The molecule has 3 nitrogen and oxygen atoms in total. The van der Waals surface area contributed by atoms with Crippen molar-refractivity contribution in [3.05, 3.63) is 29.3 Å². The molecule has 16 heavy (non-hydrogen) atoms. The zero-order valence-electron chi connectivity index (χ0n) is 10.1. The van der Waals surface area contributed by atoms with E-state index in [1.165, 1.54) is 7.11 Å². The second-order valence-corrected chi connectivity index (χ2v) is 3.85. The molecule has 0 aromatic heterocycles. The molecule has 1 aromatic rings. The number of nitrogen functional groups attached to an aromatic ring is 1. The molecule has 0 amide bonds. The first-order valence-electron chi connectivity index (χ1n) is 5.61. The fourth-order valence-corrected chi connectivity index (χ4v) is 1.92. The van der Waals surface area contributed by atoms with Crippen LogP contribution in [0.4, 0.5) is 5.69 Å². The Balaban J connectivity index is 3.04. The predicted octanol–water partition coefficient (Wildman–Crippen LogP) is 2.96. The molecule has 3 heteroatoms. The van der Waals surface area contributed by atoms with Crippen LogP contribution in [0.15, 0.2) is 18.2 Å². The highest BCUT2D eigenvalue weighted by Crippen LogP contribution is 2.28. The van der Waals surface area contributed by atoms with Gasteiger partial charge in [-0.1, -0.05) is 19.9 Å². The number of methoxy groups -OCH3 is 1. The zero-order chi connectivity index (χ0) is 12.1. The summed E-state index contributed by atoms with van der Waals surface area (Å²) in [6.07, 6.45) is 2.11. The SMILES string of the molecule is CCC(CC)c1ccc(C(=O)OC)cc1N. The average molecular weight is 221 g/mol. The third kappa shape index (κ3) is 2.54. The Bertz CT molecular complexity index is 370. The maximum absolute atomic E-state index is 11.3. The molecule has 0 aliphatic heterocycles. The molecule has 2 N–H and O–H groups in total. The summed E-state index contributed by atoms with van der Waals surface area (Å²) in [7, 11) is 1.37. The Labute approximate surface area is 96.6 Å². The molecule has 0 radical (unpaired) electrons. The van der Waals surface area contributed by atoms with Crippen molar-refractivity contribution < 1.29 is 9.53 Å². The van der Waals surface area contributed by atoms with Gasteiger partial charge < -0.3 is 10.5 Å². The summed E-state index contributed by atoms with van der Waals surface area (Å²) >= 11 is 0. The van der Waals surface area contributed by atoms with Gasteiger partial charge in [0.05, 0.1) is 12.7 Å². The predicted molar refractivity (Wildman–Crippen MR) is 65.5 cm³/mol. The molecular formula is C13H19NO2. The number of rotatable bonds is 4. The highest BCUT2D eigenvalue weighted by molar-refractivity contribution is 5.90. The van der Waals surface area contributed by atoms with E-state index in [0.29, 0.717) is 17.2 Å². The van der Waals surface area contributed by atoms with Crippen LogP contribution >= 0.6 is 0 Å². The Morgan fingerprint density at radius 2 is 2.00 bits per heavy atom. The van der Waals surface area contributed by atoms with Crippen LogP contribution in [0.3, 0.4) is 0 Å². The number of ether oxygens (including phenoxy) is 1. The van der Waals surface area contributed by atoms with Gasteiger partial charge in [-0.3, -0.25) is 0 Å². The lowest BCUT2D eigenvalue weighted by Gasteiger charge is -2.15. The van der Waals surface area contributed by atoms with E-state index in [-0.39, 0.29) is 5.97 Å². The lowest BCUT2D eigenvalue weighted by Crippen LogP contribution is -2.06. The standard InChI is InChI=1S/C13H19NO2/c1-4-9(5-2)11-7-6-10(8-12(11)14)13(15)16-3/h6-9H,4-5,14H2,1-3H3. The molecule has 0 saturated carbocycles. The number of hydrogen-bond acceptors (Lipinski definition) is 3. The van der Waals surface area contributed by atoms with Gasteiger partial charge in [-0.25, -0.2) is 4.79 Å². The molecule has 0 heterocycles. The first-order valence-corrected chi connectivity index (χ1v) is 5.61. The first kappa shape index (κ1) is 12.6. The van der Waals surface area contributed by atoms with Crippen molar-refractivity contribution >= 4 is 11.7 Å². The van der Waals surface area contributed by atoms with Crippen LogP contribution in [0, 0.1) is 0 Å². The van der Waals surface area contributed by atoms with Crippen LogP contribution in [0.25, 0.3) is 0 Å². The Morgan fingerprint density at radius 3 is 2.44 bits per heavy atom. The fourth-order valence-electron chi connectivity index (χ4n) is 1.92. The number of benzene rings is 1. The van der Waals surface area contributed by atoms with Gasteiger partial charge >= 0.3 is 5.97 Å². The molecule has 0 unspecified atom stereocenters. The van der Waals surface area contributed by atoms with Crippen LogP contribution in [-0.2, 0) is 4.74 Å². The number of hydrogen-bond donors (Lipinski definition) is 1. The molecule has 0 aliphatic rings. The molecule has 88 valence electrons. The molecule has 1 aromatic carbocycles. The van der Waals surface area contributed by atoms with Gasteiger partial charge in [0, 0.05) is 5.69 Å². The highest BCUT2D eigenvalue weighted by atomic mass is 16.5. The normalized spacial score (nSPS) is 10.5. The van der Waals surface area contributed by atoms with Crippen molar-refractivity contribution in [1.82, 2.24) is 0 Å². The minimum atomic E-state index is -0.345. The number of carbonyl (C=O) groups excluding carboxylic acids is 1. The van der Waals surface area contributed by atoms with Crippen molar-refractivity contribution in [3.8, 4) is 0 Å². The smallest absolute Gasteiger partial charge is 0.337 e. The Hall–Kier alpha value is -1.51. The van der Waals surface area contributed by atoms with E-state index in [9.17, 15) is 4.79 Å². The average Bonchev–Trinajstić information content (AvgIpc) is 2.31. The molecular weight excluding hydrogens is 202 g/mol. The van der Waals surface area contributed by atoms with Gasteiger partial charge in [-0.15, -0.1) is 0 Å².